The molecule has 2 N–H and O–H groups in total. The summed E-state index contributed by atoms with van der Waals surface area (Å²) < 4.78 is 4.83. The van der Waals surface area contributed by atoms with E-state index < -0.39 is 5.60 Å². The molecule has 1 amide bonds. The second-order valence-corrected chi connectivity index (χ2v) is 3.72. The summed E-state index contributed by atoms with van der Waals surface area (Å²) in [7, 11) is 1.61. The largest absolute Gasteiger partial charge is 0.388 e. The third-order valence-corrected chi connectivity index (χ3v) is 2.18. The van der Waals surface area contributed by atoms with Crippen molar-refractivity contribution in [2.75, 3.05) is 20.3 Å². The fourth-order valence-electron chi connectivity index (χ4n) is 0.879. The van der Waals surface area contributed by atoms with Crippen molar-refractivity contribution in [2.45, 2.75) is 38.7 Å². The third kappa shape index (κ3) is 6.86. The predicted molar refractivity (Wildman–Crippen MR) is 55.0 cm³/mol. The zero-order valence-corrected chi connectivity index (χ0v) is 9.30. The van der Waals surface area contributed by atoms with E-state index in [4.69, 9.17) is 4.74 Å². The van der Waals surface area contributed by atoms with E-state index in [2.05, 4.69) is 5.32 Å². The minimum absolute atomic E-state index is 0.0317. The van der Waals surface area contributed by atoms with Crippen LogP contribution in [0.25, 0.3) is 0 Å². The van der Waals surface area contributed by atoms with Gasteiger partial charge in [-0.3, -0.25) is 4.79 Å². The van der Waals surface area contributed by atoms with Crippen LogP contribution in [0.15, 0.2) is 0 Å². The Bertz CT molecular complexity index is 169. The summed E-state index contributed by atoms with van der Waals surface area (Å²) in [6.45, 7) is 4.51. The molecule has 4 nitrogen and oxygen atoms in total. The van der Waals surface area contributed by atoms with E-state index in [9.17, 15) is 9.90 Å². The molecule has 4 heteroatoms. The van der Waals surface area contributed by atoms with Gasteiger partial charge in [-0.2, -0.15) is 0 Å². The Morgan fingerprint density at radius 1 is 1.57 bits per heavy atom. The molecule has 0 heterocycles. The highest BCUT2D eigenvalue weighted by molar-refractivity contribution is 5.75. The molecule has 0 aliphatic rings. The Morgan fingerprint density at radius 3 is 2.71 bits per heavy atom. The molecule has 0 saturated carbocycles. The maximum Gasteiger partial charge on any atom is 0.220 e. The highest BCUT2D eigenvalue weighted by Crippen LogP contribution is 2.05. The smallest absolute Gasteiger partial charge is 0.220 e. The van der Waals surface area contributed by atoms with Crippen LogP contribution in [0, 0.1) is 0 Å². The quantitative estimate of drug-likeness (QED) is 0.598. The van der Waals surface area contributed by atoms with Gasteiger partial charge in [0.05, 0.1) is 5.60 Å². The molecule has 0 aliphatic carbocycles. The minimum Gasteiger partial charge on any atom is -0.388 e. The van der Waals surface area contributed by atoms with Gasteiger partial charge in [-0.25, -0.2) is 0 Å². The van der Waals surface area contributed by atoms with Gasteiger partial charge in [0.1, 0.15) is 0 Å². The molecule has 0 aromatic carbocycles. The Hall–Kier alpha value is -0.610. The van der Waals surface area contributed by atoms with Gasteiger partial charge in [0.25, 0.3) is 0 Å². The lowest BCUT2D eigenvalue weighted by atomic mass is 10.0. The number of methoxy groups -OCH3 is 1. The second kappa shape index (κ2) is 6.79. The number of rotatable bonds is 7. The topological polar surface area (TPSA) is 58.6 Å². The predicted octanol–water partition coefficient (Wildman–Crippen LogP) is 0.690. The van der Waals surface area contributed by atoms with Crippen LogP contribution in [-0.4, -0.2) is 36.9 Å². The molecule has 0 rings (SSSR count). The van der Waals surface area contributed by atoms with E-state index in [-0.39, 0.29) is 5.91 Å². The third-order valence-electron chi connectivity index (χ3n) is 2.18. The van der Waals surface area contributed by atoms with Gasteiger partial charge >= 0.3 is 0 Å². The minimum atomic E-state index is -0.795. The maximum atomic E-state index is 11.2. The van der Waals surface area contributed by atoms with Gasteiger partial charge < -0.3 is 15.2 Å². The van der Waals surface area contributed by atoms with Crippen molar-refractivity contribution in [3.63, 3.8) is 0 Å². The number of carbonyl (C=O) groups is 1. The Kier molecular flexibility index (Phi) is 6.49. The van der Waals surface area contributed by atoms with Crippen LogP contribution >= 0.6 is 0 Å². The normalized spacial score (nSPS) is 14.9. The molecule has 0 aliphatic heterocycles. The molecule has 0 aromatic heterocycles. The van der Waals surface area contributed by atoms with Crippen LogP contribution in [0.5, 0.6) is 0 Å². The van der Waals surface area contributed by atoms with E-state index in [1.807, 2.05) is 6.92 Å². The molecule has 14 heavy (non-hydrogen) atoms. The Labute approximate surface area is 85.6 Å². The highest BCUT2D eigenvalue weighted by Gasteiger charge is 2.17. The number of carbonyl (C=O) groups excluding carboxylic acids is 1. The van der Waals surface area contributed by atoms with Crippen molar-refractivity contribution >= 4 is 5.91 Å². The summed E-state index contributed by atoms with van der Waals surface area (Å²) in [5.41, 5.74) is -0.795. The lowest BCUT2D eigenvalue weighted by molar-refractivity contribution is -0.122. The number of amides is 1. The molecule has 84 valence electrons. The van der Waals surface area contributed by atoms with Gasteiger partial charge in [-0.15, -0.1) is 0 Å². The first-order chi connectivity index (χ1) is 6.52. The number of hydrogen-bond donors (Lipinski definition) is 2. The van der Waals surface area contributed by atoms with Crippen molar-refractivity contribution in [3.05, 3.63) is 0 Å². The Balaban J connectivity index is 3.53. The Morgan fingerprint density at radius 2 is 2.21 bits per heavy atom. The fourth-order valence-corrected chi connectivity index (χ4v) is 0.879. The first kappa shape index (κ1) is 13.4. The van der Waals surface area contributed by atoms with Crippen LogP contribution in [-0.2, 0) is 9.53 Å². The standard InChI is InChI=1S/C10H21NO3/c1-4-10(2,13)8-11-9(12)6-5-7-14-3/h13H,4-8H2,1-3H3,(H,11,12). The maximum absolute atomic E-state index is 11.2. The van der Waals surface area contributed by atoms with E-state index in [0.717, 1.165) is 6.42 Å². The molecule has 0 bridgehead atoms. The lowest BCUT2D eigenvalue weighted by Crippen LogP contribution is -2.40. The van der Waals surface area contributed by atoms with E-state index in [1.165, 1.54) is 0 Å². The zero-order chi connectivity index (χ0) is 11.0. The van der Waals surface area contributed by atoms with Gasteiger partial charge in [-0.1, -0.05) is 6.92 Å². The van der Waals surface area contributed by atoms with E-state index in [0.29, 0.717) is 26.0 Å². The van der Waals surface area contributed by atoms with Gasteiger partial charge in [-0.05, 0) is 19.8 Å². The van der Waals surface area contributed by atoms with Crippen LogP contribution in [0.4, 0.5) is 0 Å². The number of nitrogens with one attached hydrogen (secondary N) is 1. The van der Waals surface area contributed by atoms with Crippen LogP contribution in [0.2, 0.25) is 0 Å². The molecule has 1 unspecified atom stereocenters. The summed E-state index contributed by atoms with van der Waals surface area (Å²) >= 11 is 0. The second-order valence-electron chi connectivity index (χ2n) is 3.72. The fraction of sp³-hybridized carbons (Fsp3) is 0.900. The summed E-state index contributed by atoms with van der Waals surface area (Å²) in [6, 6.07) is 0. The molecule has 0 aromatic rings. The summed E-state index contributed by atoms with van der Waals surface area (Å²) in [5, 5.41) is 12.3. The number of ether oxygens (including phenoxy) is 1. The van der Waals surface area contributed by atoms with Crippen LogP contribution < -0.4 is 5.32 Å². The van der Waals surface area contributed by atoms with Crippen molar-refractivity contribution in [1.29, 1.82) is 0 Å². The average Bonchev–Trinajstić information content (AvgIpc) is 2.16. The first-order valence-corrected chi connectivity index (χ1v) is 5.00. The summed E-state index contributed by atoms with van der Waals surface area (Å²) in [5.74, 6) is -0.0317. The summed E-state index contributed by atoms with van der Waals surface area (Å²) in [4.78, 5) is 11.2. The average molecular weight is 203 g/mol. The van der Waals surface area contributed by atoms with Crippen LogP contribution in [0.1, 0.15) is 33.1 Å². The molecule has 0 fully saturated rings. The van der Waals surface area contributed by atoms with Crippen molar-refractivity contribution in [3.8, 4) is 0 Å². The molecule has 0 spiro atoms. The molecular formula is C10H21NO3. The van der Waals surface area contributed by atoms with Gasteiger partial charge in [0, 0.05) is 26.7 Å². The van der Waals surface area contributed by atoms with Gasteiger partial charge in [0.2, 0.25) is 5.91 Å². The highest BCUT2D eigenvalue weighted by atomic mass is 16.5. The van der Waals surface area contributed by atoms with Crippen molar-refractivity contribution < 1.29 is 14.6 Å². The number of hydrogen-bond acceptors (Lipinski definition) is 3. The van der Waals surface area contributed by atoms with Gasteiger partial charge in [0.15, 0.2) is 0 Å². The van der Waals surface area contributed by atoms with E-state index in [1.54, 1.807) is 14.0 Å². The number of aliphatic hydroxyl groups is 1. The molecule has 0 saturated heterocycles. The lowest BCUT2D eigenvalue weighted by Gasteiger charge is -2.21. The SMILES string of the molecule is CCC(C)(O)CNC(=O)CCCOC. The molecule has 0 radical (unpaired) electrons. The monoisotopic (exact) mass is 203 g/mol. The summed E-state index contributed by atoms with van der Waals surface area (Å²) in [6.07, 6.45) is 1.80. The molecule has 1 atom stereocenters. The zero-order valence-electron chi connectivity index (χ0n) is 9.30. The molecular weight excluding hydrogens is 182 g/mol. The van der Waals surface area contributed by atoms with E-state index >= 15 is 0 Å². The van der Waals surface area contributed by atoms with Crippen molar-refractivity contribution in [2.24, 2.45) is 0 Å². The first-order valence-electron chi connectivity index (χ1n) is 5.00. The van der Waals surface area contributed by atoms with Crippen molar-refractivity contribution in [1.82, 2.24) is 5.32 Å². The van der Waals surface area contributed by atoms with Crippen LogP contribution in [0.3, 0.4) is 0 Å².